The van der Waals surface area contributed by atoms with Crippen molar-refractivity contribution in [3.05, 3.63) is 59.3 Å². The van der Waals surface area contributed by atoms with Crippen LogP contribution < -0.4 is 19.5 Å². The fraction of sp³-hybridized carbons (Fsp3) is 0.238. The maximum Gasteiger partial charge on any atom is 0.416 e. The molecule has 2 N–H and O–H groups in total. The van der Waals surface area contributed by atoms with E-state index in [4.69, 9.17) is 14.2 Å². The highest BCUT2D eigenvalue weighted by atomic mass is 19.4. The Hall–Kier alpha value is -3.69. The van der Waals surface area contributed by atoms with Crippen molar-refractivity contribution >= 4 is 11.7 Å². The number of alkyl halides is 3. The smallest absolute Gasteiger partial charge is 0.416 e. The number of halogens is 3. The van der Waals surface area contributed by atoms with Crippen LogP contribution in [-0.4, -0.2) is 30.3 Å². The average Bonchev–Trinajstić information content (AvgIpc) is 3.21. The number of methoxy groups -OCH3 is 2. The number of anilines is 1. The number of carbonyl (C=O) groups is 1. The molecular formula is C21H18F3N3O4. The minimum absolute atomic E-state index is 0.0149. The molecule has 2 aromatic carbocycles. The number of H-pyrrole nitrogens is 1. The highest BCUT2D eigenvalue weighted by Gasteiger charge is 2.32. The van der Waals surface area contributed by atoms with Crippen LogP contribution in [0.5, 0.6) is 23.0 Å². The normalized spacial score (nSPS) is 15.8. The van der Waals surface area contributed by atoms with E-state index in [9.17, 15) is 18.0 Å². The summed E-state index contributed by atoms with van der Waals surface area (Å²) in [6, 6.07) is 8.16. The first-order valence-electron chi connectivity index (χ1n) is 9.24. The molecule has 4 rings (SSSR count). The molecule has 1 unspecified atom stereocenters. The van der Waals surface area contributed by atoms with E-state index in [1.54, 1.807) is 24.4 Å². The minimum Gasteiger partial charge on any atom is -0.497 e. The lowest BCUT2D eigenvalue weighted by atomic mass is 9.87. The molecule has 0 saturated heterocycles. The number of aromatic nitrogens is 2. The van der Waals surface area contributed by atoms with E-state index in [-0.39, 0.29) is 35.5 Å². The quantitative estimate of drug-likeness (QED) is 0.609. The molecule has 0 fully saturated rings. The van der Waals surface area contributed by atoms with Crippen LogP contribution in [0, 0.1) is 0 Å². The van der Waals surface area contributed by atoms with Gasteiger partial charge in [-0.2, -0.15) is 18.3 Å². The highest BCUT2D eigenvalue weighted by molar-refractivity contribution is 5.94. The number of fused-ring (bicyclic) bond motifs is 1. The molecule has 0 saturated carbocycles. The maximum atomic E-state index is 13.2. The molecule has 1 aromatic heterocycles. The topological polar surface area (TPSA) is 85.5 Å². The number of hydrogen-bond acceptors (Lipinski definition) is 5. The van der Waals surface area contributed by atoms with Gasteiger partial charge in [-0.1, -0.05) is 6.07 Å². The zero-order chi connectivity index (χ0) is 22.2. The Morgan fingerprint density at radius 1 is 1.03 bits per heavy atom. The van der Waals surface area contributed by atoms with E-state index >= 15 is 0 Å². The monoisotopic (exact) mass is 433 g/mol. The number of nitrogens with one attached hydrogen (secondary N) is 2. The number of ether oxygens (including phenoxy) is 3. The fourth-order valence-corrected chi connectivity index (χ4v) is 3.47. The molecule has 1 amide bonds. The summed E-state index contributed by atoms with van der Waals surface area (Å²) in [5.74, 6) is 0.550. The molecule has 0 bridgehead atoms. The first-order valence-corrected chi connectivity index (χ1v) is 9.24. The van der Waals surface area contributed by atoms with Crippen LogP contribution in [0.15, 0.2) is 42.6 Å². The standard InChI is InChI=1S/C21H18F3N3O4/c1-29-13-6-12(21(22,23)24)7-14(8-13)31-17-4-3-11(5-18(17)30-2)15-9-19(28)26-20-16(15)10-25-27-20/h3-8,10,15H,9H2,1-2H3,(H2,25,26,27,28). The average molecular weight is 433 g/mol. The van der Waals surface area contributed by atoms with Crippen LogP contribution in [-0.2, 0) is 11.0 Å². The molecule has 1 atom stereocenters. The van der Waals surface area contributed by atoms with E-state index < -0.39 is 11.7 Å². The van der Waals surface area contributed by atoms with Crippen molar-refractivity contribution in [2.45, 2.75) is 18.5 Å². The first-order chi connectivity index (χ1) is 14.8. The minimum atomic E-state index is -4.55. The summed E-state index contributed by atoms with van der Waals surface area (Å²) >= 11 is 0. The third-order valence-corrected chi connectivity index (χ3v) is 4.95. The highest BCUT2D eigenvalue weighted by Crippen LogP contribution is 2.41. The number of hydrogen-bond donors (Lipinski definition) is 2. The predicted octanol–water partition coefficient (Wildman–Crippen LogP) is 4.71. The van der Waals surface area contributed by atoms with E-state index in [0.717, 1.165) is 23.3 Å². The molecule has 162 valence electrons. The summed E-state index contributed by atoms with van der Waals surface area (Å²) in [6.45, 7) is 0. The molecule has 7 nitrogen and oxygen atoms in total. The Balaban J connectivity index is 1.67. The summed E-state index contributed by atoms with van der Waals surface area (Å²) in [6.07, 6.45) is -2.61. The second-order valence-corrected chi connectivity index (χ2v) is 6.90. The summed E-state index contributed by atoms with van der Waals surface area (Å²) in [5, 5.41) is 9.46. The Bertz CT molecular complexity index is 1130. The van der Waals surface area contributed by atoms with E-state index in [0.29, 0.717) is 11.6 Å². The zero-order valence-corrected chi connectivity index (χ0v) is 16.5. The Kier molecular flexibility index (Phi) is 5.22. The number of benzene rings is 2. The van der Waals surface area contributed by atoms with Crippen LogP contribution in [0.4, 0.5) is 19.0 Å². The van der Waals surface area contributed by atoms with Gasteiger partial charge in [0.05, 0.1) is 19.8 Å². The van der Waals surface area contributed by atoms with Gasteiger partial charge in [0.1, 0.15) is 11.5 Å². The second-order valence-electron chi connectivity index (χ2n) is 6.90. The van der Waals surface area contributed by atoms with Gasteiger partial charge in [0, 0.05) is 30.2 Å². The zero-order valence-electron chi connectivity index (χ0n) is 16.5. The summed E-state index contributed by atoms with van der Waals surface area (Å²) < 4.78 is 55.6. The number of rotatable bonds is 5. The van der Waals surface area contributed by atoms with Crippen molar-refractivity contribution in [3.8, 4) is 23.0 Å². The maximum absolute atomic E-state index is 13.2. The molecule has 0 radical (unpaired) electrons. The molecule has 1 aliphatic heterocycles. The van der Waals surface area contributed by atoms with Gasteiger partial charge in [0.15, 0.2) is 17.3 Å². The largest absolute Gasteiger partial charge is 0.497 e. The van der Waals surface area contributed by atoms with Gasteiger partial charge in [0.2, 0.25) is 5.91 Å². The molecule has 2 heterocycles. The van der Waals surface area contributed by atoms with E-state index in [2.05, 4.69) is 15.5 Å². The predicted molar refractivity (Wildman–Crippen MR) is 105 cm³/mol. The lowest BCUT2D eigenvalue weighted by Crippen LogP contribution is -2.22. The van der Waals surface area contributed by atoms with Crippen LogP contribution in [0.25, 0.3) is 0 Å². The van der Waals surface area contributed by atoms with Gasteiger partial charge < -0.3 is 19.5 Å². The lowest BCUT2D eigenvalue weighted by Gasteiger charge is -2.23. The van der Waals surface area contributed by atoms with Gasteiger partial charge in [-0.3, -0.25) is 9.89 Å². The molecule has 31 heavy (non-hydrogen) atoms. The van der Waals surface area contributed by atoms with Crippen molar-refractivity contribution in [2.24, 2.45) is 0 Å². The van der Waals surface area contributed by atoms with Crippen LogP contribution >= 0.6 is 0 Å². The number of nitrogens with zero attached hydrogens (tertiary/aromatic N) is 1. The summed E-state index contributed by atoms with van der Waals surface area (Å²) in [5.41, 5.74) is 0.722. The lowest BCUT2D eigenvalue weighted by molar-refractivity contribution is -0.137. The van der Waals surface area contributed by atoms with Gasteiger partial charge in [-0.15, -0.1) is 0 Å². The summed E-state index contributed by atoms with van der Waals surface area (Å²) in [4.78, 5) is 12.0. The SMILES string of the molecule is COc1cc(Oc2ccc(C3CC(=O)Nc4n[nH]cc43)cc2OC)cc(C(F)(F)F)c1. The fourth-order valence-electron chi connectivity index (χ4n) is 3.47. The van der Waals surface area contributed by atoms with Crippen molar-refractivity contribution in [1.82, 2.24) is 10.2 Å². The van der Waals surface area contributed by atoms with Gasteiger partial charge in [-0.05, 0) is 29.8 Å². The van der Waals surface area contributed by atoms with Crippen LogP contribution in [0.2, 0.25) is 0 Å². The Labute approximate surface area is 175 Å². The van der Waals surface area contributed by atoms with Gasteiger partial charge in [0.25, 0.3) is 0 Å². The van der Waals surface area contributed by atoms with Crippen LogP contribution in [0.3, 0.4) is 0 Å². The van der Waals surface area contributed by atoms with Crippen molar-refractivity contribution < 1.29 is 32.2 Å². The first kappa shape index (κ1) is 20.6. The third kappa shape index (κ3) is 4.14. The number of amides is 1. The van der Waals surface area contributed by atoms with E-state index in [1.165, 1.54) is 20.3 Å². The molecule has 0 aliphatic carbocycles. The van der Waals surface area contributed by atoms with Gasteiger partial charge >= 0.3 is 6.18 Å². The second kappa shape index (κ2) is 7.86. The molecule has 10 heteroatoms. The van der Waals surface area contributed by atoms with Crippen molar-refractivity contribution in [3.63, 3.8) is 0 Å². The third-order valence-electron chi connectivity index (χ3n) is 4.95. The number of carbonyl (C=O) groups excluding carboxylic acids is 1. The van der Waals surface area contributed by atoms with Crippen molar-refractivity contribution in [2.75, 3.05) is 19.5 Å². The molecular weight excluding hydrogens is 415 g/mol. The Morgan fingerprint density at radius 3 is 2.52 bits per heavy atom. The van der Waals surface area contributed by atoms with Crippen molar-refractivity contribution in [1.29, 1.82) is 0 Å². The molecule has 3 aromatic rings. The summed E-state index contributed by atoms with van der Waals surface area (Å²) in [7, 11) is 2.70. The molecule has 0 spiro atoms. The van der Waals surface area contributed by atoms with Gasteiger partial charge in [-0.25, -0.2) is 0 Å². The van der Waals surface area contributed by atoms with E-state index in [1.807, 2.05) is 0 Å². The molecule has 1 aliphatic rings. The number of aromatic amines is 1. The van der Waals surface area contributed by atoms with Crippen LogP contribution in [0.1, 0.15) is 29.0 Å². The Morgan fingerprint density at radius 2 is 1.81 bits per heavy atom.